The van der Waals surface area contributed by atoms with Gasteiger partial charge in [0.15, 0.2) is 0 Å². The predicted molar refractivity (Wildman–Crippen MR) is 77.9 cm³/mol. The molecular formula is C13H22N2S2. The Hall–Kier alpha value is -0.0600. The van der Waals surface area contributed by atoms with Crippen molar-refractivity contribution in [3.05, 3.63) is 15.6 Å². The van der Waals surface area contributed by atoms with Crippen LogP contribution in [0.2, 0.25) is 0 Å². The number of thioether (sulfide) groups is 1. The normalized spacial score (nSPS) is 20.4. The Labute approximate surface area is 113 Å². The SMILES string of the molecule is CCc1nc(C2CCCS2)sc1CNC(C)C. The standard InChI is InChI=1S/C13H22N2S2/c1-4-10-12(8-14-9(2)3)17-13(15-10)11-6-5-7-16-11/h9,11,14H,4-8H2,1-3H3. The van der Waals surface area contributed by atoms with Crippen LogP contribution in [0, 0.1) is 0 Å². The first-order chi connectivity index (χ1) is 8.20. The molecule has 0 aliphatic carbocycles. The summed E-state index contributed by atoms with van der Waals surface area (Å²) in [7, 11) is 0. The van der Waals surface area contributed by atoms with E-state index in [9.17, 15) is 0 Å². The maximum Gasteiger partial charge on any atom is 0.106 e. The van der Waals surface area contributed by atoms with E-state index in [0.29, 0.717) is 11.3 Å². The fourth-order valence-electron chi connectivity index (χ4n) is 2.02. The molecule has 1 aromatic heterocycles. The number of aryl methyl sites for hydroxylation is 1. The first kappa shape index (κ1) is 13.4. The highest BCUT2D eigenvalue weighted by atomic mass is 32.2. The minimum atomic E-state index is 0.547. The zero-order valence-corrected chi connectivity index (χ0v) is 12.6. The van der Waals surface area contributed by atoms with Crippen molar-refractivity contribution in [2.75, 3.05) is 5.75 Å². The summed E-state index contributed by atoms with van der Waals surface area (Å²) in [4.78, 5) is 6.29. The van der Waals surface area contributed by atoms with Crippen molar-refractivity contribution >= 4 is 23.1 Å². The Bertz CT molecular complexity index is 354. The molecule has 1 fully saturated rings. The molecule has 1 saturated heterocycles. The molecule has 96 valence electrons. The number of thiazole rings is 1. The van der Waals surface area contributed by atoms with Gasteiger partial charge in [0.25, 0.3) is 0 Å². The van der Waals surface area contributed by atoms with Crippen molar-refractivity contribution in [3.8, 4) is 0 Å². The average molecular weight is 270 g/mol. The predicted octanol–water partition coefficient (Wildman–Crippen LogP) is 3.77. The van der Waals surface area contributed by atoms with Crippen molar-refractivity contribution in [1.29, 1.82) is 0 Å². The Morgan fingerprint density at radius 3 is 2.88 bits per heavy atom. The minimum absolute atomic E-state index is 0.547. The fourth-order valence-corrected chi connectivity index (χ4v) is 4.64. The molecule has 1 aliphatic heterocycles. The summed E-state index contributed by atoms with van der Waals surface area (Å²) in [6.07, 6.45) is 3.73. The van der Waals surface area contributed by atoms with Gasteiger partial charge in [-0.25, -0.2) is 4.98 Å². The van der Waals surface area contributed by atoms with Gasteiger partial charge in [-0.05, 0) is 25.0 Å². The molecule has 0 spiro atoms. The molecule has 0 saturated carbocycles. The second kappa shape index (κ2) is 6.21. The summed E-state index contributed by atoms with van der Waals surface area (Å²) in [5.41, 5.74) is 1.31. The molecule has 0 amide bonds. The minimum Gasteiger partial charge on any atom is -0.310 e. The van der Waals surface area contributed by atoms with Crippen LogP contribution >= 0.6 is 23.1 Å². The Morgan fingerprint density at radius 2 is 2.29 bits per heavy atom. The van der Waals surface area contributed by atoms with Crippen LogP contribution in [0.1, 0.15) is 54.4 Å². The van der Waals surface area contributed by atoms with Gasteiger partial charge in [-0.2, -0.15) is 11.8 Å². The van der Waals surface area contributed by atoms with Crippen LogP contribution in [0.5, 0.6) is 0 Å². The van der Waals surface area contributed by atoms with Crippen molar-refractivity contribution in [3.63, 3.8) is 0 Å². The van der Waals surface area contributed by atoms with E-state index < -0.39 is 0 Å². The topological polar surface area (TPSA) is 24.9 Å². The monoisotopic (exact) mass is 270 g/mol. The van der Waals surface area contributed by atoms with Crippen LogP contribution in [0.25, 0.3) is 0 Å². The summed E-state index contributed by atoms with van der Waals surface area (Å²) in [5, 5.41) is 5.55. The lowest BCUT2D eigenvalue weighted by Gasteiger charge is -2.06. The van der Waals surface area contributed by atoms with Crippen LogP contribution in [-0.2, 0) is 13.0 Å². The van der Waals surface area contributed by atoms with E-state index >= 15 is 0 Å². The highest BCUT2D eigenvalue weighted by molar-refractivity contribution is 7.99. The summed E-state index contributed by atoms with van der Waals surface area (Å²) >= 11 is 4.01. The van der Waals surface area contributed by atoms with Gasteiger partial charge in [0.2, 0.25) is 0 Å². The zero-order valence-electron chi connectivity index (χ0n) is 11.0. The van der Waals surface area contributed by atoms with E-state index in [1.807, 2.05) is 11.3 Å². The van der Waals surface area contributed by atoms with Gasteiger partial charge >= 0.3 is 0 Å². The molecule has 1 unspecified atom stereocenters. The maximum atomic E-state index is 4.85. The van der Waals surface area contributed by atoms with Crippen molar-refractivity contribution < 1.29 is 0 Å². The van der Waals surface area contributed by atoms with Crippen molar-refractivity contribution in [2.45, 2.75) is 57.9 Å². The van der Waals surface area contributed by atoms with E-state index in [0.717, 1.165) is 13.0 Å². The molecule has 0 aromatic carbocycles. The summed E-state index contributed by atoms with van der Waals surface area (Å²) in [5.74, 6) is 1.31. The summed E-state index contributed by atoms with van der Waals surface area (Å²) in [6.45, 7) is 7.58. The second-order valence-corrected chi connectivity index (χ2v) is 7.24. The Balaban J connectivity index is 2.08. The van der Waals surface area contributed by atoms with Crippen molar-refractivity contribution in [1.82, 2.24) is 10.3 Å². The van der Waals surface area contributed by atoms with Gasteiger partial charge in [-0.15, -0.1) is 11.3 Å². The molecule has 1 N–H and O–H groups in total. The average Bonchev–Trinajstić information content (AvgIpc) is 2.94. The molecule has 2 rings (SSSR count). The van der Waals surface area contributed by atoms with Crippen LogP contribution in [0.15, 0.2) is 0 Å². The van der Waals surface area contributed by atoms with Gasteiger partial charge in [0.05, 0.1) is 10.9 Å². The Morgan fingerprint density at radius 1 is 1.47 bits per heavy atom. The lowest BCUT2D eigenvalue weighted by molar-refractivity contribution is 0.590. The number of nitrogens with one attached hydrogen (secondary N) is 1. The second-order valence-electron chi connectivity index (χ2n) is 4.81. The fraction of sp³-hybridized carbons (Fsp3) is 0.769. The molecule has 2 heterocycles. The quantitative estimate of drug-likeness (QED) is 0.881. The van der Waals surface area contributed by atoms with Gasteiger partial charge in [-0.1, -0.05) is 20.8 Å². The van der Waals surface area contributed by atoms with E-state index in [-0.39, 0.29) is 0 Å². The number of hydrogen-bond donors (Lipinski definition) is 1. The van der Waals surface area contributed by atoms with E-state index in [1.54, 1.807) is 0 Å². The number of hydrogen-bond acceptors (Lipinski definition) is 4. The number of rotatable bonds is 5. The zero-order chi connectivity index (χ0) is 12.3. The molecular weight excluding hydrogens is 248 g/mol. The number of nitrogens with zero attached hydrogens (tertiary/aromatic N) is 1. The van der Waals surface area contributed by atoms with Gasteiger partial charge in [0, 0.05) is 17.5 Å². The van der Waals surface area contributed by atoms with E-state index in [4.69, 9.17) is 4.98 Å². The Kier molecular flexibility index (Phi) is 4.88. The first-order valence-electron chi connectivity index (χ1n) is 6.54. The molecule has 0 radical (unpaired) electrons. The third-order valence-electron chi connectivity index (χ3n) is 3.01. The first-order valence-corrected chi connectivity index (χ1v) is 8.40. The van der Waals surface area contributed by atoms with Gasteiger partial charge in [0.1, 0.15) is 5.01 Å². The number of aromatic nitrogens is 1. The van der Waals surface area contributed by atoms with Crippen molar-refractivity contribution in [2.24, 2.45) is 0 Å². The third-order valence-corrected chi connectivity index (χ3v) is 5.75. The highest BCUT2D eigenvalue weighted by Crippen LogP contribution is 2.42. The van der Waals surface area contributed by atoms with Gasteiger partial charge in [-0.3, -0.25) is 0 Å². The molecule has 1 aliphatic rings. The van der Waals surface area contributed by atoms with Crippen LogP contribution < -0.4 is 5.32 Å². The van der Waals surface area contributed by atoms with Crippen LogP contribution in [0.3, 0.4) is 0 Å². The third kappa shape index (κ3) is 3.46. The highest BCUT2D eigenvalue weighted by Gasteiger charge is 2.22. The van der Waals surface area contributed by atoms with Crippen LogP contribution in [-0.4, -0.2) is 16.8 Å². The molecule has 4 heteroatoms. The smallest absolute Gasteiger partial charge is 0.106 e. The molecule has 0 bridgehead atoms. The van der Waals surface area contributed by atoms with E-state index in [2.05, 4.69) is 37.8 Å². The summed E-state index contributed by atoms with van der Waals surface area (Å²) in [6, 6.07) is 0.547. The van der Waals surface area contributed by atoms with Gasteiger partial charge < -0.3 is 5.32 Å². The summed E-state index contributed by atoms with van der Waals surface area (Å²) < 4.78 is 0. The molecule has 1 atom stereocenters. The lowest BCUT2D eigenvalue weighted by atomic mass is 10.2. The van der Waals surface area contributed by atoms with E-state index in [1.165, 1.54) is 34.2 Å². The molecule has 2 nitrogen and oxygen atoms in total. The maximum absolute atomic E-state index is 4.85. The lowest BCUT2D eigenvalue weighted by Crippen LogP contribution is -2.21. The molecule has 17 heavy (non-hydrogen) atoms. The van der Waals surface area contributed by atoms with Crippen LogP contribution in [0.4, 0.5) is 0 Å². The largest absolute Gasteiger partial charge is 0.310 e. The molecule has 1 aromatic rings.